The minimum absolute atomic E-state index is 0.183. The Morgan fingerprint density at radius 1 is 1.73 bits per heavy atom. The van der Waals surface area contributed by atoms with Gasteiger partial charge in [-0.1, -0.05) is 6.08 Å². The van der Waals surface area contributed by atoms with Gasteiger partial charge in [0.1, 0.15) is 0 Å². The third kappa shape index (κ3) is 3.40. The van der Waals surface area contributed by atoms with E-state index in [2.05, 4.69) is 11.3 Å². The van der Waals surface area contributed by atoms with Crippen LogP contribution in [-0.2, 0) is 9.53 Å². The molecule has 0 aromatic heterocycles. The highest BCUT2D eigenvalue weighted by Gasteiger charge is 2.10. The van der Waals surface area contributed by atoms with Gasteiger partial charge in [-0.3, -0.25) is 4.79 Å². The molecular formula is C7H11NO3. The van der Waals surface area contributed by atoms with E-state index in [1.54, 1.807) is 6.92 Å². The van der Waals surface area contributed by atoms with Crippen LogP contribution in [0.5, 0.6) is 0 Å². The molecule has 0 aliphatic rings. The number of hydrogen-bond acceptors (Lipinski definition) is 3. The van der Waals surface area contributed by atoms with Crippen LogP contribution in [-0.4, -0.2) is 30.6 Å². The lowest BCUT2D eigenvalue weighted by atomic mass is 10.6. The van der Waals surface area contributed by atoms with Gasteiger partial charge >= 0.3 is 6.09 Å². The van der Waals surface area contributed by atoms with Crippen molar-refractivity contribution >= 4 is 12.5 Å². The second-order valence-corrected chi connectivity index (χ2v) is 1.75. The van der Waals surface area contributed by atoms with E-state index in [1.807, 2.05) is 0 Å². The van der Waals surface area contributed by atoms with Crippen LogP contribution in [0.3, 0.4) is 0 Å². The number of imide groups is 1. The molecule has 0 aliphatic carbocycles. The van der Waals surface area contributed by atoms with E-state index < -0.39 is 6.09 Å². The normalized spacial score (nSPS) is 8.45. The summed E-state index contributed by atoms with van der Waals surface area (Å²) in [5, 5.41) is 0. The first-order valence-electron chi connectivity index (χ1n) is 3.25. The van der Waals surface area contributed by atoms with Crippen molar-refractivity contribution in [2.45, 2.75) is 6.92 Å². The van der Waals surface area contributed by atoms with Gasteiger partial charge < -0.3 is 4.74 Å². The van der Waals surface area contributed by atoms with Gasteiger partial charge in [-0.25, -0.2) is 9.69 Å². The van der Waals surface area contributed by atoms with Crippen molar-refractivity contribution in [1.82, 2.24) is 4.90 Å². The average molecular weight is 157 g/mol. The van der Waals surface area contributed by atoms with Crippen molar-refractivity contribution in [3.05, 3.63) is 12.7 Å². The summed E-state index contributed by atoms with van der Waals surface area (Å²) in [6.45, 7) is 5.51. The van der Waals surface area contributed by atoms with Crippen LogP contribution in [0.1, 0.15) is 6.92 Å². The molecule has 0 rings (SSSR count). The number of carbonyl (C=O) groups is 2. The maximum atomic E-state index is 10.8. The first-order chi connectivity index (χ1) is 5.26. The monoisotopic (exact) mass is 157 g/mol. The number of amides is 2. The molecule has 0 unspecified atom stereocenters. The molecule has 4 heteroatoms. The van der Waals surface area contributed by atoms with Crippen LogP contribution < -0.4 is 0 Å². The lowest BCUT2D eigenvalue weighted by Crippen LogP contribution is -2.30. The van der Waals surface area contributed by atoms with Crippen LogP contribution in [0, 0.1) is 0 Å². The van der Waals surface area contributed by atoms with Gasteiger partial charge in [0.2, 0.25) is 6.41 Å². The van der Waals surface area contributed by atoms with Crippen molar-refractivity contribution in [1.29, 1.82) is 0 Å². The predicted molar refractivity (Wildman–Crippen MR) is 40.0 cm³/mol. The molecule has 0 atom stereocenters. The molecule has 0 saturated heterocycles. The highest BCUT2D eigenvalue weighted by atomic mass is 16.6. The summed E-state index contributed by atoms with van der Waals surface area (Å²) < 4.78 is 4.56. The molecule has 0 spiro atoms. The molecule has 4 nitrogen and oxygen atoms in total. The maximum Gasteiger partial charge on any atom is 0.416 e. The highest BCUT2D eigenvalue weighted by Crippen LogP contribution is 1.89. The molecule has 0 aliphatic heterocycles. The van der Waals surface area contributed by atoms with Crippen LogP contribution in [0.15, 0.2) is 12.7 Å². The number of rotatable bonds is 4. The number of hydrogen-bond donors (Lipinski definition) is 0. The molecule has 0 N–H and O–H groups in total. The van der Waals surface area contributed by atoms with Gasteiger partial charge in [0.25, 0.3) is 0 Å². The van der Waals surface area contributed by atoms with Crippen LogP contribution in [0.4, 0.5) is 4.79 Å². The smallest absolute Gasteiger partial charge is 0.416 e. The van der Waals surface area contributed by atoms with Gasteiger partial charge in [0.15, 0.2) is 0 Å². The van der Waals surface area contributed by atoms with Gasteiger partial charge in [0, 0.05) is 6.54 Å². The zero-order valence-electron chi connectivity index (χ0n) is 6.45. The second kappa shape index (κ2) is 5.46. The Bertz CT molecular complexity index is 156. The van der Waals surface area contributed by atoms with Crippen molar-refractivity contribution in [2.24, 2.45) is 0 Å². The Balaban J connectivity index is 3.90. The van der Waals surface area contributed by atoms with E-state index in [4.69, 9.17) is 0 Å². The van der Waals surface area contributed by atoms with E-state index in [1.165, 1.54) is 6.08 Å². The van der Waals surface area contributed by atoms with E-state index in [0.29, 0.717) is 6.41 Å². The molecule has 0 aromatic carbocycles. The second-order valence-electron chi connectivity index (χ2n) is 1.75. The van der Waals surface area contributed by atoms with Gasteiger partial charge in [-0.05, 0) is 6.92 Å². The Morgan fingerprint density at radius 2 is 2.36 bits per heavy atom. The van der Waals surface area contributed by atoms with Crippen molar-refractivity contribution in [3.8, 4) is 0 Å². The van der Waals surface area contributed by atoms with Crippen LogP contribution >= 0.6 is 0 Å². The summed E-state index contributed by atoms with van der Waals surface area (Å²) in [6, 6.07) is 0. The minimum Gasteiger partial charge on any atom is -0.449 e. The fraction of sp³-hybridized carbons (Fsp3) is 0.429. The summed E-state index contributed by atoms with van der Waals surface area (Å²) in [6.07, 6.45) is 1.23. The fourth-order valence-corrected chi connectivity index (χ4v) is 0.506. The van der Waals surface area contributed by atoms with Crippen molar-refractivity contribution in [2.75, 3.05) is 13.2 Å². The van der Waals surface area contributed by atoms with E-state index in [0.717, 1.165) is 4.90 Å². The molecule has 0 saturated carbocycles. The minimum atomic E-state index is -0.637. The first-order valence-corrected chi connectivity index (χ1v) is 3.25. The molecule has 2 amide bonds. The van der Waals surface area contributed by atoms with Crippen molar-refractivity contribution in [3.63, 3.8) is 0 Å². The Labute approximate surface area is 65.4 Å². The third-order valence-electron chi connectivity index (χ3n) is 0.955. The lowest BCUT2D eigenvalue weighted by Gasteiger charge is -2.11. The summed E-state index contributed by atoms with van der Waals surface area (Å²) in [4.78, 5) is 21.9. The van der Waals surface area contributed by atoms with Gasteiger partial charge in [-0.2, -0.15) is 0 Å². The topological polar surface area (TPSA) is 46.6 Å². The Hall–Kier alpha value is -1.32. The lowest BCUT2D eigenvalue weighted by molar-refractivity contribution is -0.116. The van der Waals surface area contributed by atoms with E-state index in [-0.39, 0.29) is 13.2 Å². The van der Waals surface area contributed by atoms with Gasteiger partial charge in [0.05, 0.1) is 6.61 Å². The Kier molecular flexibility index (Phi) is 4.81. The Morgan fingerprint density at radius 3 is 2.73 bits per heavy atom. The van der Waals surface area contributed by atoms with E-state index >= 15 is 0 Å². The molecule has 0 bridgehead atoms. The molecule has 0 aromatic rings. The first kappa shape index (κ1) is 9.68. The molecular weight excluding hydrogens is 146 g/mol. The largest absolute Gasteiger partial charge is 0.449 e. The molecule has 0 fully saturated rings. The third-order valence-corrected chi connectivity index (χ3v) is 0.955. The average Bonchev–Trinajstić information content (AvgIpc) is 2.00. The number of carbonyl (C=O) groups excluding carboxylic acids is 2. The SMILES string of the molecule is C=CCN(C=O)C(=O)OCC. The predicted octanol–water partition coefficient (Wildman–Crippen LogP) is 0.787. The van der Waals surface area contributed by atoms with Crippen molar-refractivity contribution < 1.29 is 14.3 Å². The van der Waals surface area contributed by atoms with Crippen LogP contribution in [0.2, 0.25) is 0 Å². The highest BCUT2D eigenvalue weighted by molar-refractivity contribution is 5.80. The zero-order chi connectivity index (χ0) is 8.69. The maximum absolute atomic E-state index is 10.8. The fourth-order valence-electron chi connectivity index (χ4n) is 0.506. The standard InChI is InChI=1S/C7H11NO3/c1-3-5-8(6-9)7(10)11-4-2/h3,6H,1,4-5H2,2H3. The molecule has 62 valence electrons. The summed E-state index contributed by atoms with van der Waals surface area (Å²) in [7, 11) is 0. The quantitative estimate of drug-likeness (QED) is 0.447. The zero-order valence-corrected chi connectivity index (χ0v) is 6.45. The van der Waals surface area contributed by atoms with Gasteiger partial charge in [-0.15, -0.1) is 6.58 Å². The number of nitrogens with zero attached hydrogens (tertiary/aromatic N) is 1. The number of ether oxygens (including phenoxy) is 1. The van der Waals surface area contributed by atoms with Crippen LogP contribution in [0.25, 0.3) is 0 Å². The molecule has 11 heavy (non-hydrogen) atoms. The summed E-state index contributed by atoms with van der Waals surface area (Å²) in [5.74, 6) is 0. The van der Waals surface area contributed by atoms with E-state index in [9.17, 15) is 9.59 Å². The summed E-state index contributed by atoms with van der Waals surface area (Å²) in [5.41, 5.74) is 0. The molecule has 0 heterocycles. The summed E-state index contributed by atoms with van der Waals surface area (Å²) >= 11 is 0. The molecule has 0 radical (unpaired) electrons.